The zero-order valence-electron chi connectivity index (χ0n) is 26.0. The molecule has 244 valence electrons. The third-order valence-electron chi connectivity index (χ3n) is 8.43. The van der Waals surface area contributed by atoms with Crippen LogP contribution in [0.3, 0.4) is 0 Å². The van der Waals surface area contributed by atoms with Crippen molar-refractivity contribution < 1.29 is 28.7 Å². The highest BCUT2D eigenvalue weighted by atomic mass is 32.1. The average molecular weight is 675 g/mol. The number of hydrogen-bond donors (Lipinski definition) is 2. The van der Waals surface area contributed by atoms with E-state index in [-0.39, 0.29) is 48.1 Å². The molecule has 2 aromatic carbocycles. The minimum atomic E-state index is -0.201. The zero-order chi connectivity index (χ0) is 32.9. The van der Waals surface area contributed by atoms with Gasteiger partial charge in [-0.3, -0.25) is 19.2 Å². The van der Waals surface area contributed by atoms with Gasteiger partial charge in [0.25, 0.3) is 0 Å². The molecule has 0 saturated heterocycles. The maximum atomic E-state index is 12.7. The first-order valence-electron chi connectivity index (χ1n) is 15.5. The van der Waals surface area contributed by atoms with E-state index in [2.05, 4.69) is 31.0 Å². The number of unbranched alkanes of at least 4 members (excludes halogenated alkanes) is 2. The summed E-state index contributed by atoms with van der Waals surface area (Å²) in [6, 6.07) is 10.7. The molecule has 0 radical (unpaired) electrons. The van der Waals surface area contributed by atoms with Crippen LogP contribution < -0.4 is 20.1 Å². The molecular weight excluding hydrogens is 641 g/mol. The molecule has 0 spiro atoms. The number of anilines is 2. The number of nitrogens with one attached hydrogen (secondary N) is 2. The van der Waals surface area contributed by atoms with Crippen LogP contribution in [0.25, 0.3) is 0 Å². The maximum absolute atomic E-state index is 12.7. The van der Waals surface area contributed by atoms with Crippen molar-refractivity contribution in [3.8, 4) is 11.5 Å². The number of methoxy groups -OCH3 is 2. The Morgan fingerprint density at radius 2 is 1.15 bits per heavy atom. The molecule has 2 aliphatic rings. The van der Waals surface area contributed by atoms with Gasteiger partial charge < -0.3 is 20.1 Å². The van der Waals surface area contributed by atoms with Crippen LogP contribution in [-0.4, -0.2) is 58.0 Å². The lowest BCUT2D eigenvalue weighted by atomic mass is 9.97. The van der Waals surface area contributed by atoms with Crippen LogP contribution in [0.2, 0.25) is 0 Å². The number of aryl methyl sites for hydroxylation is 2. The Hall–Kier alpha value is -4.56. The molecule has 0 aliphatic heterocycles. The van der Waals surface area contributed by atoms with Gasteiger partial charge in [-0.1, -0.05) is 29.1 Å². The first-order chi connectivity index (χ1) is 22.8. The predicted molar refractivity (Wildman–Crippen MR) is 177 cm³/mol. The molecule has 0 saturated carbocycles. The third kappa shape index (κ3) is 7.71. The summed E-state index contributed by atoms with van der Waals surface area (Å²) in [6.07, 6.45) is 5.22. The van der Waals surface area contributed by atoms with Gasteiger partial charge in [0.05, 0.1) is 14.2 Å². The van der Waals surface area contributed by atoms with Crippen LogP contribution >= 0.6 is 22.7 Å². The normalized spacial score (nSPS) is 16.6. The highest BCUT2D eigenvalue weighted by Gasteiger charge is 2.32. The Bertz CT molecular complexity index is 1690. The van der Waals surface area contributed by atoms with Crippen LogP contribution in [0, 0.1) is 0 Å². The number of carbonyl (C=O) groups is 4. The van der Waals surface area contributed by atoms with Crippen LogP contribution in [0.4, 0.5) is 10.3 Å². The lowest BCUT2D eigenvalue weighted by Gasteiger charge is -2.11. The predicted octanol–water partition coefficient (Wildman–Crippen LogP) is 5.76. The van der Waals surface area contributed by atoms with E-state index >= 15 is 0 Å². The fourth-order valence-electron chi connectivity index (χ4n) is 6.10. The van der Waals surface area contributed by atoms with Crippen molar-refractivity contribution in [3.63, 3.8) is 0 Å². The van der Waals surface area contributed by atoms with Crippen molar-refractivity contribution in [2.24, 2.45) is 0 Å². The Morgan fingerprint density at radius 3 is 1.57 bits per heavy atom. The van der Waals surface area contributed by atoms with E-state index in [0.717, 1.165) is 53.2 Å². The quantitative estimate of drug-likeness (QED) is 0.157. The number of Topliss-reactive ketones (excluding diaryl/α,β-unsaturated/α-hetero) is 2. The Morgan fingerprint density at radius 1 is 0.702 bits per heavy atom. The van der Waals surface area contributed by atoms with Crippen molar-refractivity contribution in [1.29, 1.82) is 0 Å². The number of rotatable bonds is 14. The molecule has 2 N–H and O–H groups in total. The number of carbonyl (C=O) groups excluding carboxylic acids is 4. The number of benzene rings is 2. The van der Waals surface area contributed by atoms with Gasteiger partial charge in [-0.05, 0) is 60.4 Å². The molecule has 47 heavy (non-hydrogen) atoms. The summed E-state index contributed by atoms with van der Waals surface area (Å²) < 4.78 is 10.6. The number of fused-ring (bicyclic) bond motifs is 2. The smallest absolute Gasteiger partial charge is 0.226 e. The van der Waals surface area contributed by atoms with Crippen LogP contribution in [-0.2, 0) is 22.4 Å². The second-order valence-electron chi connectivity index (χ2n) is 11.6. The lowest BCUT2D eigenvalue weighted by molar-refractivity contribution is -0.117. The van der Waals surface area contributed by atoms with Crippen molar-refractivity contribution in [1.82, 2.24) is 20.4 Å². The fourth-order valence-corrected chi connectivity index (χ4v) is 7.69. The Balaban J connectivity index is 0.894. The summed E-state index contributed by atoms with van der Waals surface area (Å²) in [5.74, 6) is 0.638. The van der Waals surface area contributed by atoms with Gasteiger partial charge in [-0.2, -0.15) is 0 Å². The highest BCUT2D eigenvalue weighted by Crippen LogP contribution is 2.39. The summed E-state index contributed by atoms with van der Waals surface area (Å²) in [5.41, 5.74) is 3.01. The van der Waals surface area contributed by atoms with Gasteiger partial charge in [0, 0.05) is 61.5 Å². The van der Waals surface area contributed by atoms with Crippen molar-refractivity contribution >= 4 is 56.3 Å². The SMILES string of the molecule is COc1ccc2c(c1)C(CC(=O)Nc1nnc(CCCCCc3nnc(NC(=O)CC4CC(=O)c5ccc(OC)cc54)s3)s1)CC2=O. The molecule has 0 fully saturated rings. The number of ketones is 2. The van der Waals surface area contributed by atoms with Gasteiger partial charge in [0.1, 0.15) is 21.5 Å². The van der Waals surface area contributed by atoms with Crippen molar-refractivity contribution in [2.45, 2.75) is 69.6 Å². The molecule has 12 nitrogen and oxygen atoms in total. The molecule has 2 unspecified atom stereocenters. The van der Waals surface area contributed by atoms with E-state index in [1.165, 1.54) is 22.7 Å². The van der Waals surface area contributed by atoms with Gasteiger partial charge in [0.15, 0.2) is 11.6 Å². The number of nitrogens with zero attached hydrogens (tertiary/aromatic N) is 4. The molecule has 0 bridgehead atoms. The molecule has 2 amide bonds. The largest absolute Gasteiger partial charge is 0.497 e. The Kier molecular flexibility index (Phi) is 9.97. The average Bonchev–Trinajstić information content (AvgIpc) is 3.84. The van der Waals surface area contributed by atoms with Gasteiger partial charge in [-0.15, -0.1) is 20.4 Å². The van der Waals surface area contributed by atoms with E-state index in [1.807, 2.05) is 12.1 Å². The summed E-state index contributed by atoms with van der Waals surface area (Å²) >= 11 is 2.72. The molecule has 2 aromatic heterocycles. The van der Waals surface area contributed by atoms with Crippen molar-refractivity contribution in [3.05, 3.63) is 68.7 Å². The number of aromatic nitrogens is 4. The number of amides is 2. The standard InChI is InChI=1S/C33H34N6O6S2/c1-44-20-8-10-22-24(16-20)18(12-26(22)40)14-28(42)34-32-38-36-30(46-32)6-4-3-5-7-31-37-39-33(47-31)35-29(43)15-19-13-27(41)23-11-9-21(45-2)17-25(19)23/h8-11,16-19H,3-7,12-15H2,1-2H3,(H,34,38,42)(H,35,39,43). The summed E-state index contributed by atoms with van der Waals surface area (Å²) in [5, 5.41) is 24.9. The summed E-state index contributed by atoms with van der Waals surface area (Å²) in [6.45, 7) is 0. The fraction of sp³-hybridized carbons (Fsp3) is 0.394. The summed E-state index contributed by atoms with van der Waals surface area (Å²) in [4.78, 5) is 50.2. The second-order valence-corrected chi connectivity index (χ2v) is 13.7. The monoisotopic (exact) mass is 674 g/mol. The first kappa shape index (κ1) is 32.4. The molecule has 2 aliphatic carbocycles. The van der Waals surface area contributed by atoms with E-state index in [9.17, 15) is 19.2 Å². The van der Waals surface area contributed by atoms with Gasteiger partial charge >= 0.3 is 0 Å². The van der Waals surface area contributed by atoms with E-state index in [4.69, 9.17) is 9.47 Å². The van der Waals surface area contributed by atoms with Crippen molar-refractivity contribution in [2.75, 3.05) is 24.9 Å². The number of hydrogen-bond acceptors (Lipinski definition) is 12. The third-order valence-corrected chi connectivity index (χ3v) is 10.2. The summed E-state index contributed by atoms with van der Waals surface area (Å²) in [7, 11) is 3.15. The minimum Gasteiger partial charge on any atom is -0.497 e. The van der Waals surface area contributed by atoms with E-state index < -0.39 is 0 Å². The lowest BCUT2D eigenvalue weighted by Crippen LogP contribution is -2.14. The first-order valence-corrected chi connectivity index (χ1v) is 17.1. The zero-order valence-corrected chi connectivity index (χ0v) is 27.7. The van der Waals surface area contributed by atoms with E-state index in [0.29, 0.717) is 45.7 Å². The molecular formula is C33H34N6O6S2. The maximum Gasteiger partial charge on any atom is 0.226 e. The second kappa shape index (κ2) is 14.5. The topological polar surface area (TPSA) is 162 Å². The van der Waals surface area contributed by atoms with E-state index in [1.54, 1.807) is 38.5 Å². The van der Waals surface area contributed by atoms with Crippen LogP contribution in [0.1, 0.15) is 98.6 Å². The molecule has 6 rings (SSSR count). The molecule has 2 atom stereocenters. The Labute approximate surface area is 279 Å². The van der Waals surface area contributed by atoms with Crippen LogP contribution in [0.5, 0.6) is 11.5 Å². The highest BCUT2D eigenvalue weighted by molar-refractivity contribution is 7.15. The number of ether oxygens (including phenoxy) is 2. The van der Waals surface area contributed by atoms with Crippen LogP contribution in [0.15, 0.2) is 36.4 Å². The minimum absolute atomic E-state index is 0.0416. The van der Waals surface area contributed by atoms with Gasteiger partial charge in [0.2, 0.25) is 22.1 Å². The van der Waals surface area contributed by atoms with Gasteiger partial charge in [-0.25, -0.2) is 0 Å². The molecule has 4 aromatic rings. The molecule has 14 heteroatoms. The molecule has 2 heterocycles.